The highest BCUT2D eigenvalue weighted by atomic mass is 32.1. The van der Waals surface area contributed by atoms with Gasteiger partial charge in [0, 0.05) is 16.8 Å². The van der Waals surface area contributed by atoms with Crippen molar-refractivity contribution >= 4 is 34.6 Å². The number of alkyl halides is 5. The maximum Gasteiger partial charge on any atom is 0.416 e. The SMILES string of the molecule is N#CC1(NC(=O)C(F)(F)c2ccc(-c3ccsc3)c(NC(=O)Nc3cccc(C(F)(F)F)c3)c2)CC1. The lowest BCUT2D eigenvalue weighted by molar-refractivity contribution is -0.147. The molecule has 1 fully saturated rings. The highest BCUT2D eigenvalue weighted by molar-refractivity contribution is 7.08. The van der Waals surface area contributed by atoms with E-state index in [1.165, 1.54) is 23.5 Å². The first-order valence-electron chi connectivity index (χ1n) is 10.5. The second kappa shape index (κ2) is 9.23. The topological polar surface area (TPSA) is 94.0 Å². The van der Waals surface area contributed by atoms with Crippen molar-refractivity contribution < 1.29 is 31.5 Å². The molecule has 3 N–H and O–H groups in total. The minimum absolute atomic E-state index is 0.0933. The maximum absolute atomic E-state index is 15.0. The molecule has 1 aliphatic rings. The largest absolute Gasteiger partial charge is 0.416 e. The van der Waals surface area contributed by atoms with E-state index in [1.54, 1.807) is 16.8 Å². The van der Waals surface area contributed by atoms with Crippen molar-refractivity contribution in [2.45, 2.75) is 30.5 Å². The third-order valence-corrected chi connectivity index (χ3v) is 6.20. The first-order chi connectivity index (χ1) is 16.9. The van der Waals surface area contributed by atoms with Crippen molar-refractivity contribution in [3.8, 4) is 17.2 Å². The van der Waals surface area contributed by atoms with Crippen LogP contribution in [0.3, 0.4) is 0 Å². The highest BCUT2D eigenvalue weighted by Gasteiger charge is 2.51. The third-order valence-electron chi connectivity index (χ3n) is 5.51. The number of nitrogens with one attached hydrogen (secondary N) is 3. The molecule has 0 saturated heterocycles. The number of carbonyl (C=O) groups excluding carboxylic acids is 2. The minimum atomic E-state index is -4.62. The summed E-state index contributed by atoms with van der Waals surface area (Å²) in [7, 11) is 0. The van der Waals surface area contributed by atoms with Crippen molar-refractivity contribution in [3.05, 3.63) is 70.4 Å². The molecule has 0 aliphatic heterocycles. The average Bonchev–Trinajstić information content (AvgIpc) is 3.38. The van der Waals surface area contributed by atoms with Crippen molar-refractivity contribution in [2.75, 3.05) is 10.6 Å². The number of nitrogens with zero attached hydrogens (tertiary/aromatic N) is 1. The van der Waals surface area contributed by atoms with Gasteiger partial charge < -0.3 is 16.0 Å². The standard InChI is InChI=1S/C24H17F5N4O2S/c25-23(26,20(34)33-22(13-30)7-8-22)15-4-5-18(14-6-9-36-12-14)19(11-15)32-21(35)31-17-3-1-2-16(10-17)24(27,28)29/h1-6,9-12H,7-8H2,(H,33,34)(H2,31,32,35). The van der Waals surface area contributed by atoms with Crippen LogP contribution in [0.15, 0.2) is 59.3 Å². The quantitative estimate of drug-likeness (QED) is 0.331. The molecule has 0 atom stereocenters. The Bertz CT molecular complexity index is 1350. The molecule has 3 amide bonds. The first-order valence-corrected chi connectivity index (χ1v) is 11.4. The van der Waals surface area contributed by atoms with Gasteiger partial charge in [0.15, 0.2) is 0 Å². The molecule has 1 aliphatic carbocycles. The predicted octanol–water partition coefficient (Wildman–Crippen LogP) is 6.34. The van der Waals surface area contributed by atoms with Crippen LogP contribution in [0, 0.1) is 11.3 Å². The fourth-order valence-electron chi connectivity index (χ4n) is 3.39. The van der Waals surface area contributed by atoms with Crippen LogP contribution in [0.1, 0.15) is 24.0 Å². The fraction of sp³-hybridized carbons (Fsp3) is 0.208. The number of anilines is 2. The molecule has 4 rings (SSSR count). The Balaban J connectivity index is 1.61. The van der Waals surface area contributed by atoms with Gasteiger partial charge in [0.2, 0.25) is 0 Å². The molecule has 12 heteroatoms. The number of nitriles is 1. The number of thiophene rings is 1. The van der Waals surface area contributed by atoms with Gasteiger partial charge in [0.1, 0.15) is 5.54 Å². The maximum atomic E-state index is 15.0. The molecular formula is C24H17F5N4O2S. The van der Waals surface area contributed by atoms with Gasteiger partial charge in [-0.25, -0.2) is 4.79 Å². The summed E-state index contributed by atoms with van der Waals surface area (Å²) in [6.45, 7) is 0. The fourth-order valence-corrected chi connectivity index (χ4v) is 4.04. The third kappa shape index (κ3) is 5.31. The van der Waals surface area contributed by atoms with E-state index >= 15 is 0 Å². The van der Waals surface area contributed by atoms with Crippen LogP contribution in [0.25, 0.3) is 11.1 Å². The number of rotatable bonds is 6. The van der Waals surface area contributed by atoms with Crippen LogP contribution in [-0.2, 0) is 16.9 Å². The summed E-state index contributed by atoms with van der Waals surface area (Å²) < 4.78 is 68.9. The second-order valence-electron chi connectivity index (χ2n) is 8.15. The van der Waals surface area contributed by atoms with Gasteiger partial charge in [0.05, 0.1) is 17.3 Å². The van der Waals surface area contributed by atoms with Gasteiger partial charge in [-0.15, -0.1) is 0 Å². The molecule has 0 radical (unpaired) electrons. The summed E-state index contributed by atoms with van der Waals surface area (Å²) in [5.74, 6) is -5.67. The summed E-state index contributed by atoms with van der Waals surface area (Å²) in [5.41, 5.74) is -2.32. The van der Waals surface area contributed by atoms with Crippen LogP contribution >= 0.6 is 11.3 Å². The summed E-state index contributed by atoms with van der Waals surface area (Å²) in [6, 6.07) is 9.71. The summed E-state index contributed by atoms with van der Waals surface area (Å²) in [5, 5.41) is 19.2. The Kier molecular flexibility index (Phi) is 6.44. The predicted molar refractivity (Wildman–Crippen MR) is 123 cm³/mol. The first kappa shape index (κ1) is 25.1. The van der Waals surface area contributed by atoms with Crippen LogP contribution in [-0.4, -0.2) is 17.5 Å². The number of carbonyl (C=O) groups is 2. The zero-order valence-corrected chi connectivity index (χ0v) is 19.1. The molecule has 36 heavy (non-hydrogen) atoms. The van der Waals surface area contributed by atoms with Crippen molar-refractivity contribution in [3.63, 3.8) is 0 Å². The average molecular weight is 520 g/mol. The van der Waals surface area contributed by atoms with Crippen LogP contribution < -0.4 is 16.0 Å². The molecule has 6 nitrogen and oxygen atoms in total. The molecule has 1 aromatic heterocycles. The molecular weight excluding hydrogens is 503 g/mol. The number of halogens is 5. The number of amides is 3. The van der Waals surface area contributed by atoms with E-state index in [-0.39, 0.29) is 24.2 Å². The van der Waals surface area contributed by atoms with Gasteiger partial charge in [-0.3, -0.25) is 4.79 Å². The monoisotopic (exact) mass is 520 g/mol. The van der Waals surface area contributed by atoms with Crippen LogP contribution in [0.5, 0.6) is 0 Å². The molecule has 0 spiro atoms. The Morgan fingerprint density at radius 3 is 2.33 bits per heavy atom. The number of benzene rings is 2. The molecule has 1 heterocycles. The van der Waals surface area contributed by atoms with E-state index in [1.807, 2.05) is 6.07 Å². The van der Waals surface area contributed by atoms with Gasteiger partial charge in [-0.1, -0.05) is 18.2 Å². The minimum Gasteiger partial charge on any atom is -0.332 e. The summed E-state index contributed by atoms with van der Waals surface area (Å²) in [4.78, 5) is 24.9. The van der Waals surface area contributed by atoms with Gasteiger partial charge in [0.25, 0.3) is 5.91 Å². The van der Waals surface area contributed by atoms with Crippen molar-refractivity contribution in [2.24, 2.45) is 0 Å². The van der Waals surface area contributed by atoms with Crippen LogP contribution in [0.4, 0.5) is 38.1 Å². The lowest BCUT2D eigenvalue weighted by Gasteiger charge is -2.20. The van der Waals surface area contributed by atoms with Crippen molar-refractivity contribution in [1.29, 1.82) is 5.26 Å². The molecule has 1 saturated carbocycles. The Hall–Kier alpha value is -3.98. The van der Waals surface area contributed by atoms with E-state index in [0.29, 0.717) is 11.1 Å². The number of hydrogen-bond donors (Lipinski definition) is 3. The number of hydrogen-bond acceptors (Lipinski definition) is 4. The van der Waals surface area contributed by atoms with E-state index in [2.05, 4.69) is 16.0 Å². The normalized spacial score (nSPS) is 14.4. The molecule has 3 aromatic rings. The Labute approximate surface area is 205 Å². The molecule has 186 valence electrons. The molecule has 0 unspecified atom stereocenters. The lowest BCUT2D eigenvalue weighted by Crippen LogP contribution is -2.44. The zero-order valence-electron chi connectivity index (χ0n) is 18.2. The van der Waals surface area contributed by atoms with Gasteiger partial charge >= 0.3 is 18.1 Å². The molecule has 2 aromatic carbocycles. The van der Waals surface area contributed by atoms with Gasteiger partial charge in [-0.2, -0.15) is 38.6 Å². The Morgan fingerprint density at radius 2 is 1.72 bits per heavy atom. The van der Waals surface area contributed by atoms with Gasteiger partial charge in [-0.05, 0) is 59.5 Å². The van der Waals surface area contributed by atoms with E-state index in [0.717, 1.165) is 30.3 Å². The smallest absolute Gasteiger partial charge is 0.332 e. The summed E-state index contributed by atoms with van der Waals surface area (Å²) in [6.07, 6.45) is -4.08. The van der Waals surface area contributed by atoms with Crippen molar-refractivity contribution in [1.82, 2.24) is 5.32 Å². The van der Waals surface area contributed by atoms with Crippen LogP contribution in [0.2, 0.25) is 0 Å². The second-order valence-corrected chi connectivity index (χ2v) is 8.93. The van der Waals surface area contributed by atoms with E-state index in [4.69, 9.17) is 5.26 Å². The lowest BCUT2D eigenvalue weighted by atomic mass is 10.00. The highest BCUT2D eigenvalue weighted by Crippen LogP contribution is 2.39. The summed E-state index contributed by atoms with van der Waals surface area (Å²) >= 11 is 1.32. The number of urea groups is 1. The van der Waals surface area contributed by atoms with E-state index < -0.39 is 40.7 Å². The zero-order chi connectivity index (χ0) is 26.1. The Morgan fingerprint density at radius 1 is 0.972 bits per heavy atom. The molecule has 0 bridgehead atoms. The van der Waals surface area contributed by atoms with E-state index in [9.17, 15) is 31.5 Å².